The largest absolute Gasteiger partial charge is 0.506 e. The summed E-state index contributed by atoms with van der Waals surface area (Å²) in [6.07, 6.45) is 1.63. The lowest BCUT2D eigenvalue weighted by atomic mass is 9.98. The Hall–Kier alpha value is -2.84. The molecule has 0 radical (unpaired) electrons. The first-order chi connectivity index (χ1) is 11.1. The van der Waals surface area contributed by atoms with Crippen LogP contribution in [-0.4, -0.2) is 19.6 Å². The summed E-state index contributed by atoms with van der Waals surface area (Å²) in [5, 5.41) is 29.9. The van der Waals surface area contributed by atoms with Crippen LogP contribution in [-0.2, 0) is 6.42 Å². The number of rotatable bonds is 3. The van der Waals surface area contributed by atoms with Crippen molar-refractivity contribution in [1.29, 1.82) is 5.26 Å². The Morgan fingerprint density at radius 1 is 1.35 bits per heavy atom. The molecule has 1 aromatic carbocycles. The lowest BCUT2D eigenvalue weighted by Crippen LogP contribution is -2.07. The van der Waals surface area contributed by atoms with Gasteiger partial charge in [0.2, 0.25) is 0 Å². The molecule has 3 rings (SSSR count). The second-order valence-corrected chi connectivity index (χ2v) is 5.47. The van der Waals surface area contributed by atoms with Crippen LogP contribution in [0.15, 0.2) is 36.5 Å². The number of aromatic nitrogens is 2. The molecule has 5 heteroatoms. The van der Waals surface area contributed by atoms with Gasteiger partial charge >= 0.3 is 0 Å². The van der Waals surface area contributed by atoms with E-state index >= 15 is 0 Å². The Labute approximate surface area is 134 Å². The van der Waals surface area contributed by atoms with Crippen molar-refractivity contribution in [2.45, 2.75) is 26.4 Å². The Kier molecular flexibility index (Phi) is 3.77. The topological polar surface area (TPSA) is 81.6 Å². The number of aliphatic hydroxyl groups is 1. The minimum Gasteiger partial charge on any atom is -0.506 e. The first-order valence-corrected chi connectivity index (χ1v) is 7.44. The van der Waals surface area contributed by atoms with Gasteiger partial charge < -0.3 is 14.6 Å². The molecular weight excluding hydrogens is 290 g/mol. The molecule has 2 heterocycles. The average molecular weight is 307 g/mol. The highest BCUT2D eigenvalue weighted by Crippen LogP contribution is 2.31. The van der Waals surface area contributed by atoms with Gasteiger partial charge in [-0.15, -0.1) is 0 Å². The molecule has 3 aromatic rings. The highest BCUT2D eigenvalue weighted by atomic mass is 16.3. The number of nitrogens with zero attached hydrogens (tertiary/aromatic N) is 3. The van der Waals surface area contributed by atoms with Crippen LogP contribution in [0.25, 0.3) is 5.65 Å². The number of aryl methyl sites for hydroxylation is 2. The number of phenolic OH excluding ortho intramolecular Hbond substituents is 1. The molecule has 0 saturated carbocycles. The van der Waals surface area contributed by atoms with Crippen LogP contribution in [0.2, 0.25) is 0 Å². The normalized spacial score (nSPS) is 12.3. The third-order valence-electron chi connectivity index (χ3n) is 4.00. The fourth-order valence-corrected chi connectivity index (χ4v) is 2.82. The van der Waals surface area contributed by atoms with Gasteiger partial charge in [-0.1, -0.05) is 13.0 Å². The number of aliphatic hydroxyl groups excluding tert-OH is 1. The van der Waals surface area contributed by atoms with Crippen LogP contribution in [0.1, 0.15) is 41.1 Å². The van der Waals surface area contributed by atoms with E-state index in [2.05, 4.69) is 4.98 Å². The van der Waals surface area contributed by atoms with E-state index in [1.54, 1.807) is 13.0 Å². The standard InChI is InChI=1S/C18H17N3O2/c1-3-14-16(21-7-5-4-6-15(21)20-14)18(23)12-8-11(2)17(22)13(9-12)10-19/h4-9,18,22-23H,3H2,1-2H3. The molecule has 1 atom stereocenters. The Morgan fingerprint density at radius 2 is 2.13 bits per heavy atom. The van der Waals surface area contributed by atoms with Gasteiger partial charge in [-0.05, 0) is 48.7 Å². The van der Waals surface area contributed by atoms with Crippen molar-refractivity contribution in [2.24, 2.45) is 0 Å². The van der Waals surface area contributed by atoms with Gasteiger partial charge in [0.25, 0.3) is 0 Å². The molecule has 0 aliphatic rings. The van der Waals surface area contributed by atoms with Crippen molar-refractivity contribution in [3.8, 4) is 11.8 Å². The number of pyridine rings is 1. The monoisotopic (exact) mass is 307 g/mol. The van der Waals surface area contributed by atoms with Gasteiger partial charge in [0, 0.05) is 6.20 Å². The molecule has 116 valence electrons. The van der Waals surface area contributed by atoms with Crippen LogP contribution in [0, 0.1) is 18.3 Å². The number of hydrogen-bond acceptors (Lipinski definition) is 4. The highest BCUT2D eigenvalue weighted by Gasteiger charge is 2.22. The summed E-state index contributed by atoms with van der Waals surface area (Å²) in [5.74, 6) is -0.0442. The minimum absolute atomic E-state index is 0.0442. The summed E-state index contributed by atoms with van der Waals surface area (Å²) in [4.78, 5) is 4.55. The molecule has 2 aromatic heterocycles. The number of imidazole rings is 1. The quantitative estimate of drug-likeness (QED) is 0.779. The smallest absolute Gasteiger partial charge is 0.137 e. The first kappa shape index (κ1) is 15.1. The van der Waals surface area contributed by atoms with E-state index in [9.17, 15) is 10.2 Å². The van der Waals surface area contributed by atoms with Gasteiger partial charge in [-0.25, -0.2) is 4.98 Å². The molecule has 0 saturated heterocycles. The lowest BCUT2D eigenvalue weighted by molar-refractivity contribution is 0.213. The van der Waals surface area contributed by atoms with Gasteiger partial charge in [0.05, 0.1) is 17.0 Å². The average Bonchev–Trinajstić information content (AvgIpc) is 2.95. The maximum absolute atomic E-state index is 10.9. The molecule has 0 aliphatic carbocycles. The summed E-state index contributed by atoms with van der Waals surface area (Å²) in [6, 6.07) is 10.8. The molecule has 1 unspecified atom stereocenters. The van der Waals surface area contributed by atoms with E-state index in [4.69, 9.17) is 5.26 Å². The van der Waals surface area contributed by atoms with E-state index in [1.165, 1.54) is 6.07 Å². The first-order valence-electron chi connectivity index (χ1n) is 7.44. The van der Waals surface area contributed by atoms with Crippen LogP contribution in [0.4, 0.5) is 0 Å². The van der Waals surface area contributed by atoms with Gasteiger partial charge in [0.1, 0.15) is 23.6 Å². The molecule has 5 nitrogen and oxygen atoms in total. The van der Waals surface area contributed by atoms with Crippen molar-refractivity contribution < 1.29 is 10.2 Å². The number of hydrogen-bond donors (Lipinski definition) is 2. The van der Waals surface area contributed by atoms with Gasteiger partial charge in [-0.2, -0.15) is 5.26 Å². The van der Waals surface area contributed by atoms with E-state index in [-0.39, 0.29) is 11.3 Å². The van der Waals surface area contributed by atoms with E-state index in [0.29, 0.717) is 23.2 Å². The zero-order valence-electron chi connectivity index (χ0n) is 13.0. The maximum atomic E-state index is 10.9. The summed E-state index contributed by atoms with van der Waals surface area (Å²) in [5.41, 5.74) is 3.56. The van der Waals surface area contributed by atoms with Crippen molar-refractivity contribution in [1.82, 2.24) is 9.38 Å². The minimum atomic E-state index is -0.922. The summed E-state index contributed by atoms with van der Waals surface area (Å²) in [7, 11) is 0. The maximum Gasteiger partial charge on any atom is 0.137 e. The SMILES string of the molecule is CCc1nc2ccccn2c1C(O)c1cc(C)c(O)c(C#N)c1. The van der Waals surface area contributed by atoms with Crippen LogP contribution < -0.4 is 0 Å². The second-order valence-electron chi connectivity index (χ2n) is 5.47. The fraction of sp³-hybridized carbons (Fsp3) is 0.222. The van der Waals surface area contributed by atoms with Crippen molar-refractivity contribution in [3.63, 3.8) is 0 Å². The molecule has 0 amide bonds. The zero-order chi connectivity index (χ0) is 16.6. The Bertz CT molecular complexity index is 922. The number of aromatic hydroxyl groups is 1. The second kappa shape index (κ2) is 5.75. The molecule has 0 fully saturated rings. The molecule has 0 spiro atoms. The van der Waals surface area contributed by atoms with E-state index in [1.807, 2.05) is 41.8 Å². The predicted molar refractivity (Wildman–Crippen MR) is 86.2 cm³/mol. The number of benzene rings is 1. The van der Waals surface area contributed by atoms with Crippen molar-refractivity contribution >= 4 is 5.65 Å². The van der Waals surface area contributed by atoms with Crippen LogP contribution in [0.5, 0.6) is 5.75 Å². The fourth-order valence-electron chi connectivity index (χ4n) is 2.82. The van der Waals surface area contributed by atoms with Crippen LogP contribution >= 0.6 is 0 Å². The third-order valence-corrected chi connectivity index (χ3v) is 4.00. The Balaban J connectivity index is 2.20. The molecular formula is C18H17N3O2. The van der Waals surface area contributed by atoms with Gasteiger partial charge in [-0.3, -0.25) is 0 Å². The Morgan fingerprint density at radius 3 is 2.83 bits per heavy atom. The molecule has 23 heavy (non-hydrogen) atoms. The zero-order valence-corrected chi connectivity index (χ0v) is 13.0. The summed E-state index contributed by atoms with van der Waals surface area (Å²) in [6.45, 7) is 3.70. The summed E-state index contributed by atoms with van der Waals surface area (Å²) < 4.78 is 1.86. The third kappa shape index (κ3) is 2.43. The van der Waals surface area contributed by atoms with Crippen molar-refractivity contribution in [2.75, 3.05) is 0 Å². The highest BCUT2D eigenvalue weighted by molar-refractivity contribution is 5.52. The van der Waals surface area contributed by atoms with Gasteiger partial charge in [0.15, 0.2) is 0 Å². The molecule has 0 bridgehead atoms. The lowest BCUT2D eigenvalue weighted by Gasteiger charge is -2.15. The summed E-state index contributed by atoms with van der Waals surface area (Å²) >= 11 is 0. The number of fused-ring (bicyclic) bond motifs is 1. The number of phenols is 1. The van der Waals surface area contributed by atoms with E-state index < -0.39 is 6.10 Å². The molecule has 0 aliphatic heterocycles. The number of nitriles is 1. The molecule has 2 N–H and O–H groups in total. The van der Waals surface area contributed by atoms with Crippen LogP contribution in [0.3, 0.4) is 0 Å². The van der Waals surface area contributed by atoms with Crippen molar-refractivity contribution in [3.05, 3.63) is 64.6 Å². The predicted octanol–water partition coefficient (Wildman–Crippen LogP) is 2.86. The van der Waals surface area contributed by atoms with E-state index in [0.717, 1.165) is 11.3 Å².